The minimum Gasteiger partial charge on any atom is -0.481 e. The number of carboxylic acid groups (broad SMARTS) is 1. The van der Waals surface area contributed by atoms with Crippen LogP contribution in [-0.4, -0.2) is 22.2 Å². The summed E-state index contributed by atoms with van der Waals surface area (Å²) in [7, 11) is 0. The van der Waals surface area contributed by atoms with Gasteiger partial charge in [-0.1, -0.05) is 0 Å². The van der Waals surface area contributed by atoms with Crippen LogP contribution in [0.25, 0.3) is 11.1 Å². The Kier molecular flexibility index (Phi) is 5.81. The van der Waals surface area contributed by atoms with Gasteiger partial charge in [-0.3, -0.25) is 4.79 Å². The van der Waals surface area contributed by atoms with Crippen LogP contribution in [0.15, 0.2) is 30.5 Å². The van der Waals surface area contributed by atoms with E-state index in [1.807, 2.05) is 0 Å². The van der Waals surface area contributed by atoms with Gasteiger partial charge in [0.05, 0.1) is 0 Å². The molecule has 0 radical (unpaired) electrons. The zero-order chi connectivity index (χ0) is 18.5. The normalized spacial score (nSPS) is 14.1. The first-order valence-corrected chi connectivity index (χ1v) is 8.86. The van der Waals surface area contributed by atoms with Crippen LogP contribution < -0.4 is 4.74 Å². The topological polar surface area (TPSA) is 59.4 Å². The lowest BCUT2D eigenvalue weighted by molar-refractivity contribution is -0.137. The van der Waals surface area contributed by atoms with E-state index in [9.17, 15) is 13.6 Å². The number of rotatable bonds is 8. The number of ether oxygens (including phenoxy) is 1. The molecule has 0 unspecified atom stereocenters. The van der Waals surface area contributed by atoms with Gasteiger partial charge in [-0.25, -0.2) is 13.8 Å². The third-order valence-corrected chi connectivity index (χ3v) is 4.62. The first-order chi connectivity index (χ1) is 12.5. The monoisotopic (exact) mass is 361 g/mol. The molecular formula is C20H21F2NO3. The van der Waals surface area contributed by atoms with Gasteiger partial charge in [0.15, 0.2) is 0 Å². The van der Waals surface area contributed by atoms with Crippen LogP contribution in [0.4, 0.5) is 8.78 Å². The molecule has 3 rings (SSSR count). The van der Waals surface area contributed by atoms with Crippen LogP contribution in [0.3, 0.4) is 0 Å². The van der Waals surface area contributed by atoms with E-state index < -0.39 is 17.6 Å². The highest BCUT2D eigenvalue weighted by Crippen LogP contribution is 2.33. The summed E-state index contributed by atoms with van der Waals surface area (Å²) >= 11 is 0. The van der Waals surface area contributed by atoms with Crippen molar-refractivity contribution in [1.82, 2.24) is 4.98 Å². The number of nitrogens with zero attached hydrogens (tertiary/aromatic N) is 1. The highest BCUT2D eigenvalue weighted by molar-refractivity contribution is 5.69. The first kappa shape index (κ1) is 18.3. The van der Waals surface area contributed by atoms with Gasteiger partial charge in [-0.05, 0) is 68.4 Å². The number of pyridine rings is 1. The summed E-state index contributed by atoms with van der Waals surface area (Å²) in [4.78, 5) is 14.7. The van der Waals surface area contributed by atoms with E-state index in [-0.39, 0.29) is 24.5 Å². The lowest BCUT2D eigenvalue weighted by Crippen LogP contribution is -2.25. The molecule has 4 nitrogen and oxygen atoms in total. The lowest BCUT2D eigenvalue weighted by Gasteiger charge is -2.26. The highest BCUT2D eigenvalue weighted by Gasteiger charge is 2.22. The van der Waals surface area contributed by atoms with Crippen LogP contribution in [-0.2, 0) is 11.2 Å². The average Bonchev–Trinajstić information content (AvgIpc) is 2.56. The smallest absolute Gasteiger partial charge is 0.303 e. The van der Waals surface area contributed by atoms with Crippen LogP contribution >= 0.6 is 0 Å². The molecule has 0 bridgehead atoms. The molecule has 0 saturated heterocycles. The summed E-state index contributed by atoms with van der Waals surface area (Å²) in [5.41, 5.74) is 0.941. The Hall–Kier alpha value is -2.50. The Morgan fingerprint density at radius 1 is 1.23 bits per heavy atom. The van der Waals surface area contributed by atoms with Crippen molar-refractivity contribution in [2.45, 2.75) is 51.0 Å². The summed E-state index contributed by atoms with van der Waals surface area (Å²) in [6, 6.07) is 6.03. The molecule has 1 aromatic heterocycles. The van der Waals surface area contributed by atoms with Crippen molar-refractivity contribution in [3.05, 3.63) is 47.7 Å². The molecule has 1 aliphatic carbocycles. The van der Waals surface area contributed by atoms with E-state index in [1.165, 1.54) is 12.1 Å². The number of halogens is 2. The molecule has 138 valence electrons. The second kappa shape index (κ2) is 8.25. The number of aromatic nitrogens is 1. The number of aliphatic carboxylic acids is 1. The standard InChI is InChI=1S/C20H21F2NO3/c21-17-11-13(12-18(22)16(17)7-1-2-9-19(24)25)15-8-4-10-23-20(15)26-14-5-3-6-14/h4,8,10-12,14H,1-3,5-7,9H2,(H,24,25). The van der Waals surface area contributed by atoms with Crippen molar-refractivity contribution in [2.75, 3.05) is 0 Å². The summed E-state index contributed by atoms with van der Waals surface area (Å²) in [5, 5.41) is 8.63. The first-order valence-electron chi connectivity index (χ1n) is 8.86. The van der Waals surface area contributed by atoms with E-state index >= 15 is 0 Å². The van der Waals surface area contributed by atoms with E-state index in [2.05, 4.69) is 4.98 Å². The van der Waals surface area contributed by atoms with Crippen molar-refractivity contribution in [3.8, 4) is 17.0 Å². The second-order valence-electron chi connectivity index (χ2n) is 6.55. The zero-order valence-corrected chi connectivity index (χ0v) is 14.4. The summed E-state index contributed by atoms with van der Waals surface area (Å²) in [6.45, 7) is 0. The Morgan fingerprint density at radius 3 is 2.58 bits per heavy atom. The van der Waals surface area contributed by atoms with Crippen molar-refractivity contribution >= 4 is 5.97 Å². The molecule has 2 aromatic rings. The number of benzene rings is 1. The van der Waals surface area contributed by atoms with Gasteiger partial charge < -0.3 is 9.84 Å². The van der Waals surface area contributed by atoms with Crippen LogP contribution in [0.5, 0.6) is 5.88 Å². The van der Waals surface area contributed by atoms with Gasteiger partial charge in [0.2, 0.25) is 5.88 Å². The number of hydrogen-bond acceptors (Lipinski definition) is 3. The zero-order valence-electron chi connectivity index (χ0n) is 14.4. The number of carboxylic acids is 1. The van der Waals surface area contributed by atoms with E-state index in [0.29, 0.717) is 29.8 Å². The molecule has 0 spiro atoms. The molecule has 1 N–H and O–H groups in total. The predicted molar refractivity (Wildman–Crippen MR) is 93.0 cm³/mol. The third kappa shape index (κ3) is 4.36. The molecule has 6 heteroatoms. The molecular weight excluding hydrogens is 340 g/mol. The molecule has 1 aromatic carbocycles. The highest BCUT2D eigenvalue weighted by atomic mass is 19.1. The van der Waals surface area contributed by atoms with E-state index in [1.54, 1.807) is 18.3 Å². The number of hydrogen-bond donors (Lipinski definition) is 1. The van der Waals surface area contributed by atoms with Crippen LogP contribution in [0.2, 0.25) is 0 Å². The number of carbonyl (C=O) groups is 1. The van der Waals surface area contributed by atoms with Gasteiger partial charge in [0.25, 0.3) is 0 Å². The summed E-state index contributed by atoms with van der Waals surface area (Å²) in [6.07, 6.45) is 5.74. The lowest BCUT2D eigenvalue weighted by atomic mass is 9.96. The predicted octanol–water partition coefficient (Wildman–Crippen LogP) is 4.76. The Balaban J connectivity index is 1.78. The third-order valence-electron chi connectivity index (χ3n) is 4.62. The van der Waals surface area contributed by atoms with Gasteiger partial charge in [-0.2, -0.15) is 0 Å². The Labute approximate surface area is 150 Å². The molecule has 26 heavy (non-hydrogen) atoms. The average molecular weight is 361 g/mol. The summed E-state index contributed by atoms with van der Waals surface area (Å²) in [5.74, 6) is -1.77. The second-order valence-corrected chi connectivity index (χ2v) is 6.55. The fourth-order valence-electron chi connectivity index (χ4n) is 2.93. The maximum absolute atomic E-state index is 14.4. The molecule has 0 aliphatic heterocycles. The SMILES string of the molecule is O=C(O)CCCCc1c(F)cc(-c2cccnc2OC2CCC2)cc1F. The van der Waals surface area contributed by atoms with E-state index in [0.717, 1.165) is 19.3 Å². The quantitative estimate of drug-likeness (QED) is 0.689. The molecule has 1 saturated carbocycles. The van der Waals surface area contributed by atoms with Crippen molar-refractivity contribution in [2.24, 2.45) is 0 Å². The van der Waals surface area contributed by atoms with Gasteiger partial charge in [0.1, 0.15) is 17.7 Å². The van der Waals surface area contributed by atoms with Gasteiger partial charge >= 0.3 is 5.97 Å². The van der Waals surface area contributed by atoms with Gasteiger partial charge in [-0.15, -0.1) is 0 Å². The van der Waals surface area contributed by atoms with E-state index in [4.69, 9.17) is 9.84 Å². The maximum atomic E-state index is 14.4. The molecule has 0 atom stereocenters. The van der Waals surface area contributed by atoms with Crippen LogP contribution in [0.1, 0.15) is 44.1 Å². The fraction of sp³-hybridized carbons (Fsp3) is 0.400. The van der Waals surface area contributed by atoms with Gasteiger partial charge in [0, 0.05) is 23.7 Å². The fourth-order valence-corrected chi connectivity index (χ4v) is 2.93. The summed E-state index contributed by atoms with van der Waals surface area (Å²) < 4.78 is 34.7. The maximum Gasteiger partial charge on any atom is 0.303 e. The minimum atomic E-state index is -0.906. The van der Waals surface area contributed by atoms with Crippen molar-refractivity contribution in [1.29, 1.82) is 0 Å². The molecule has 1 fully saturated rings. The molecule has 0 amide bonds. The Morgan fingerprint density at radius 2 is 1.96 bits per heavy atom. The largest absolute Gasteiger partial charge is 0.481 e. The van der Waals surface area contributed by atoms with Crippen molar-refractivity contribution in [3.63, 3.8) is 0 Å². The number of unbranched alkanes of at least 4 members (excludes halogenated alkanes) is 1. The molecule has 1 aliphatic rings. The molecule has 1 heterocycles. The van der Waals surface area contributed by atoms with Crippen LogP contribution in [0, 0.1) is 11.6 Å². The van der Waals surface area contributed by atoms with Crippen molar-refractivity contribution < 1.29 is 23.4 Å². The Bertz CT molecular complexity index is 767. The minimum absolute atomic E-state index is 0.00112.